The number of allylic oxidation sites excluding steroid dienone is 5. The standard InChI is InChI=1S/C10H12ClNO/c11-7-4-6-10(13)9-5-2-1-3-8-12-9/h1-3,5,8,12H,4,6-7H2. The van der Waals surface area contributed by atoms with Gasteiger partial charge in [-0.25, -0.2) is 0 Å². The van der Waals surface area contributed by atoms with Crippen LogP contribution in [0.4, 0.5) is 0 Å². The van der Waals surface area contributed by atoms with Crippen LogP contribution in [0.5, 0.6) is 0 Å². The highest BCUT2D eigenvalue weighted by Gasteiger charge is 2.06. The molecular formula is C10H12ClNO. The highest BCUT2D eigenvalue weighted by Crippen LogP contribution is 2.03. The topological polar surface area (TPSA) is 29.1 Å². The minimum absolute atomic E-state index is 0.108. The number of rotatable bonds is 4. The third-order valence-electron chi connectivity index (χ3n) is 1.66. The lowest BCUT2D eigenvalue weighted by Crippen LogP contribution is -2.14. The van der Waals surface area contributed by atoms with Crippen molar-refractivity contribution in [2.45, 2.75) is 12.8 Å². The predicted molar refractivity (Wildman–Crippen MR) is 54.5 cm³/mol. The Morgan fingerprint density at radius 1 is 1.38 bits per heavy atom. The fourth-order valence-electron chi connectivity index (χ4n) is 0.993. The Bertz CT molecular complexity index is 266. The van der Waals surface area contributed by atoms with Gasteiger partial charge >= 0.3 is 0 Å². The first-order valence-electron chi connectivity index (χ1n) is 4.24. The second-order valence-corrected chi connectivity index (χ2v) is 3.06. The zero-order valence-corrected chi connectivity index (χ0v) is 8.05. The molecule has 0 aromatic heterocycles. The van der Waals surface area contributed by atoms with Crippen LogP contribution >= 0.6 is 11.6 Å². The summed E-state index contributed by atoms with van der Waals surface area (Å²) in [5.41, 5.74) is 0.634. The van der Waals surface area contributed by atoms with Crippen molar-refractivity contribution in [3.8, 4) is 0 Å². The number of nitrogens with one attached hydrogen (secondary N) is 1. The SMILES string of the molecule is O=C(CCCCl)C1=CC=CC=CN1. The van der Waals surface area contributed by atoms with Crippen molar-refractivity contribution in [3.63, 3.8) is 0 Å². The van der Waals surface area contributed by atoms with Gasteiger partial charge in [0.05, 0.1) is 5.70 Å². The third kappa shape index (κ3) is 3.47. The zero-order chi connectivity index (χ0) is 9.52. The summed E-state index contributed by atoms with van der Waals surface area (Å²) >= 11 is 5.50. The maximum absolute atomic E-state index is 11.5. The number of carbonyl (C=O) groups is 1. The van der Waals surface area contributed by atoms with Gasteiger partial charge in [-0.15, -0.1) is 11.6 Å². The van der Waals surface area contributed by atoms with E-state index in [4.69, 9.17) is 11.6 Å². The van der Waals surface area contributed by atoms with Crippen molar-refractivity contribution in [1.82, 2.24) is 5.32 Å². The van der Waals surface area contributed by atoms with Crippen molar-refractivity contribution >= 4 is 17.4 Å². The molecule has 0 atom stereocenters. The van der Waals surface area contributed by atoms with E-state index < -0.39 is 0 Å². The number of hydrogen-bond acceptors (Lipinski definition) is 2. The van der Waals surface area contributed by atoms with Gasteiger partial charge in [-0.2, -0.15) is 0 Å². The molecule has 70 valence electrons. The molecule has 0 aliphatic carbocycles. The fraction of sp³-hybridized carbons (Fsp3) is 0.300. The molecule has 2 nitrogen and oxygen atoms in total. The second-order valence-electron chi connectivity index (χ2n) is 2.68. The quantitative estimate of drug-likeness (QED) is 0.700. The molecule has 0 spiro atoms. The molecule has 3 heteroatoms. The molecule has 0 fully saturated rings. The Kier molecular flexibility index (Phi) is 4.33. The molecular weight excluding hydrogens is 186 g/mol. The molecule has 0 unspecified atom stereocenters. The first-order chi connectivity index (χ1) is 6.34. The van der Waals surface area contributed by atoms with Crippen LogP contribution in [-0.4, -0.2) is 11.7 Å². The summed E-state index contributed by atoms with van der Waals surface area (Å²) in [6.45, 7) is 0. The van der Waals surface area contributed by atoms with Gasteiger partial charge in [-0.1, -0.05) is 12.2 Å². The molecule has 1 N–H and O–H groups in total. The summed E-state index contributed by atoms with van der Waals surface area (Å²) in [5, 5.41) is 2.92. The predicted octanol–water partition coefficient (Wildman–Crippen LogP) is 2.13. The fourth-order valence-corrected chi connectivity index (χ4v) is 1.13. The van der Waals surface area contributed by atoms with Gasteiger partial charge in [0, 0.05) is 18.5 Å². The normalized spacial score (nSPS) is 14.7. The summed E-state index contributed by atoms with van der Waals surface area (Å²) in [4.78, 5) is 11.5. The van der Waals surface area contributed by atoms with Crippen molar-refractivity contribution in [3.05, 3.63) is 36.2 Å². The Hall–Kier alpha value is -1.02. The van der Waals surface area contributed by atoms with Gasteiger partial charge in [-0.05, 0) is 18.6 Å². The molecule has 0 bridgehead atoms. The molecule has 0 aromatic carbocycles. The van der Waals surface area contributed by atoms with Crippen LogP contribution in [0.2, 0.25) is 0 Å². The molecule has 0 saturated carbocycles. The highest BCUT2D eigenvalue weighted by molar-refractivity contribution is 6.18. The van der Waals surface area contributed by atoms with Crippen molar-refractivity contribution in [2.24, 2.45) is 0 Å². The van der Waals surface area contributed by atoms with E-state index in [-0.39, 0.29) is 5.78 Å². The van der Waals surface area contributed by atoms with Crippen LogP contribution < -0.4 is 5.32 Å². The number of hydrogen-bond donors (Lipinski definition) is 1. The minimum Gasteiger partial charge on any atom is -0.359 e. The van der Waals surface area contributed by atoms with Crippen LogP contribution in [0.15, 0.2) is 36.2 Å². The molecule has 0 saturated heterocycles. The van der Waals surface area contributed by atoms with E-state index in [9.17, 15) is 4.79 Å². The van der Waals surface area contributed by atoms with Crippen LogP contribution in [-0.2, 0) is 4.79 Å². The summed E-state index contributed by atoms with van der Waals surface area (Å²) in [5.74, 6) is 0.641. The van der Waals surface area contributed by atoms with E-state index in [0.29, 0.717) is 18.0 Å². The van der Waals surface area contributed by atoms with Gasteiger partial charge < -0.3 is 5.32 Å². The third-order valence-corrected chi connectivity index (χ3v) is 1.93. The number of Topliss-reactive ketones (excluding diaryl/α,β-unsaturated/α-hetero) is 1. The van der Waals surface area contributed by atoms with Crippen LogP contribution in [0.1, 0.15) is 12.8 Å². The van der Waals surface area contributed by atoms with Crippen LogP contribution in [0.25, 0.3) is 0 Å². The summed E-state index contributed by atoms with van der Waals surface area (Å²) in [7, 11) is 0. The number of halogens is 1. The highest BCUT2D eigenvalue weighted by atomic mass is 35.5. The van der Waals surface area contributed by atoms with E-state index in [1.165, 1.54) is 0 Å². The van der Waals surface area contributed by atoms with E-state index >= 15 is 0 Å². The smallest absolute Gasteiger partial charge is 0.179 e. The average Bonchev–Trinajstić information content (AvgIpc) is 2.42. The van der Waals surface area contributed by atoms with Gasteiger partial charge in [-0.3, -0.25) is 4.79 Å². The molecule has 0 aromatic rings. The minimum atomic E-state index is 0.108. The first kappa shape index (κ1) is 10.1. The summed E-state index contributed by atoms with van der Waals surface area (Å²) in [6, 6.07) is 0. The van der Waals surface area contributed by atoms with Gasteiger partial charge in [0.2, 0.25) is 0 Å². The molecule has 0 radical (unpaired) electrons. The van der Waals surface area contributed by atoms with E-state index in [0.717, 1.165) is 6.42 Å². The maximum Gasteiger partial charge on any atom is 0.179 e. The largest absolute Gasteiger partial charge is 0.359 e. The van der Waals surface area contributed by atoms with E-state index in [1.807, 2.05) is 18.2 Å². The lowest BCUT2D eigenvalue weighted by atomic mass is 10.2. The van der Waals surface area contributed by atoms with Crippen LogP contribution in [0, 0.1) is 0 Å². The monoisotopic (exact) mass is 197 g/mol. The molecule has 1 aliphatic heterocycles. The zero-order valence-electron chi connectivity index (χ0n) is 7.29. The summed E-state index contributed by atoms with van der Waals surface area (Å²) in [6.07, 6.45) is 10.3. The van der Waals surface area contributed by atoms with Crippen molar-refractivity contribution < 1.29 is 4.79 Å². The summed E-state index contributed by atoms with van der Waals surface area (Å²) < 4.78 is 0. The molecule has 1 heterocycles. The Labute approximate surface area is 83.0 Å². The molecule has 1 rings (SSSR count). The van der Waals surface area contributed by atoms with Gasteiger partial charge in [0.1, 0.15) is 0 Å². The lowest BCUT2D eigenvalue weighted by Gasteiger charge is -2.03. The van der Waals surface area contributed by atoms with Crippen molar-refractivity contribution in [2.75, 3.05) is 5.88 Å². The Morgan fingerprint density at radius 2 is 2.23 bits per heavy atom. The second kappa shape index (κ2) is 5.60. The first-order valence-corrected chi connectivity index (χ1v) is 4.77. The molecule has 1 aliphatic rings. The number of carbonyl (C=O) groups excluding carboxylic acids is 1. The lowest BCUT2D eigenvalue weighted by molar-refractivity contribution is -0.115. The molecule has 0 amide bonds. The number of ketones is 1. The van der Waals surface area contributed by atoms with Crippen LogP contribution in [0.3, 0.4) is 0 Å². The average molecular weight is 198 g/mol. The molecule has 13 heavy (non-hydrogen) atoms. The number of alkyl halides is 1. The Morgan fingerprint density at radius 3 is 3.00 bits per heavy atom. The van der Waals surface area contributed by atoms with E-state index in [2.05, 4.69) is 5.32 Å². The van der Waals surface area contributed by atoms with E-state index in [1.54, 1.807) is 12.3 Å². The van der Waals surface area contributed by atoms with Gasteiger partial charge in [0.15, 0.2) is 5.78 Å². The van der Waals surface area contributed by atoms with Gasteiger partial charge in [0.25, 0.3) is 0 Å². The maximum atomic E-state index is 11.5. The Balaban J connectivity index is 2.50. The van der Waals surface area contributed by atoms with Crippen molar-refractivity contribution in [1.29, 1.82) is 0 Å².